The number of anilines is 1. The van der Waals surface area contributed by atoms with Gasteiger partial charge in [0.25, 0.3) is 5.91 Å². The molecule has 1 aromatic carbocycles. The van der Waals surface area contributed by atoms with Gasteiger partial charge >= 0.3 is 0 Å². The molecule has 1 N–H and O–H groups in total. The Morgan fingerprint density at radius 2 is 1.67 bits per heavy atom. The Labute approximate surface area is 184 Å². The molecule has 0 unspecified atom stereocenters. The smallest absolute Gasteiger partial charge is 0.257 e. The van der Waals surface area contributed by atoms with Crippen molar-refractivity contribution in [3.63, 3.8) is 0 Å². The van der Waals surface area contributed by atoms with Gasteiger partial charge in [0.15, 0.2) is 5.82 Å². The van der Waals surface area contributed by atoms with Crippen LogP contribution in [0.1, 0.15) is 47.7 Å². The maximum absolute atomic E-state index is 14.6. The van der Waals surface area contributed by atoms with Gasteiger partial charge in [-0.2, -0.15) is 4.39 Å². The van der Waals surface area contributed by atoms with Crippen molar-refractivity contribution in [1.82, 2.24) is 9.97 Å². The molecule has 172 valence electrons. The van der Waals surface area contributed by atoms with Crippen LogP contribution in [0.5, 0.6) is 0 Å². The molecule has 10 heteroatoms. The number of halogens is 6. The highest BCUT2D eigenvalue weighted by Crippen LogP contribution is 2.44. The predicted molar refractivity (Wildman–Crippen MR) is 108 cm³/mol. The third-order valence-electron chi connectivity index (χ3n) is 5.60. The molecule has 0 radical (unpaired) electrons. The number of aromatic nitrogens is 2. The largest absolute Gasteiger partial charge is 0.320 e. The van der Waals surface area contributed by atoms with E-state index in [4.69, 9.17) is 0 Å². The molecule has 0 spiro atoms. The minimum Gasteiger partial charge on any atom is -0.320 e. The number of alkyl halides is 2. The van der Waals surface area contributed by atoms with Crippen molar-refractivity contribution >= 4 is 11.6 Å². The SMILES string of the molecule is O=C(Nc1c(-c2cc(F)ccc2F)ccnc1C1CCC(F)(F)CC1)c1cnc(F)c(F)c1. The Morgan fingerprint density at radius 1 is 0.939 bits per heavy atom. The second-order valence-corrected chi connectivity index (χ2v) is 7.82. The molecule has 1 aliphatic carbocycles. The maximum Gasteiger partial charge on any atom is 0.257 e. The van der Waals surface area contributed by atoms with E-state index in [9.17, 15) is 31.1 Å². The van der Waals surface area contributed by atoms with Crippen LogP contribution in [-0.4, -0.2) is 21.8 Å². The van der Waals surface area contributed by atoms with Crippen LogP contribution in [0.15, 0.2) is 42.7 Å². The molecule has 1 saturated carbocycles. The Morgan fingerprint density at radius 3 is 2.36 bits per heavy atom. The molecule has 2 aromatic heterocycles. The molecule has 33 heavy (non-hydrogen) atoms. The summed E-state index contributed by atoms with van der Waals surface area (Å²) in [5, 5.41) is 2.50. The van der Waals surface area contributed by atoms with Crippen molar-refractivity contribution in [1.29, 1.82) is 0 Å². The number of hydrogen-bond donors (Lipinski definition) is 1. The first-order valence-corrected chi connectivity index (χ1v) is 10.1. The number of benzene rings is 1. The van der Waals surface area contributed by atoms with E-state index in [1.807, 2.05) is 0 Å². The topological polar surface area (TPSA) is 54.9 Å². The van der Waals surface area contributed by atoms with E-state index in [1.54, 1.807) is 0 Å². The summed E-state index contributed by atoms with van der Waals surface area (Å²) in [4.78, 5) is 20.2. The van der Waals surface area contributed by atoms with Crippen molar-refractivity contribution in [3.05, 3.63) is 77.4 Å². The van der Waals surface area contributed by atoms with Gasteiger partial charge in [0.1, 0.15) is 11.6 Å². The second kappa shape index (κ2) is 8.84. The highest BCUT2D eigenvalue weighted by atomic mass is 19.3. The van der Waals surface area contributed by atoms with Crippen LogP contribution in [0.4, 0.5) is 32.0 Å². The average Bonchev–Trinajstić information content (AvgIpc) is 2.77. The molecular formula is C23H17F6N3O. The lowest BCUT2D eigenvalue weighted by Crippen LogP contribution is -2.25. The number of amides is 1. The quantitative estimate of drug-likeness (QED) is 0.366. The minimum atomic E-state index is -2.82. The van der Waals surface area contributed by atoms with Crippen molar-refractivity contribution in [3.8, 4) is 11.1 Å². The number of rotatable bonds is 4. The first-order valence-electron chi connectivity index (χ1n) is 10.1. The number of pyridine rings is 2. The molecule has 1 aliphatic rings. The fourth-order valence-electron chi connectivity index (χ4n) is 3.89. The predicted octanol–water partition coefficient (Wildman–Crippen LogP) is 6.25. The summed E-state index contributed by atoms with van der Waals surface area (Å²) in [6.45, 7) is 0. The van der Waals surface area contributed by atoms with E-state index in [-0.39, 0.29) is 40.9 Å². The molecule has 0 aliphatic heterocycles. The van der Waals surface area contributed by atoms with Crippen molar-refractivity contribution in [2.45, 2.75) is 37.5 Å². The van der Waals surface area contributed by atoms with E-state index >= 15 is 0 Å². The zero-order chi connectivity index (χ0) is 23.8. The molecule has 3 aromatic rings. The number of carbonyl (C=O) groups excluding carboxylic acids is 1. The monoisotopic (exact) mass is 465 g/mol. The summed E-state index contributed by atoms with van der Waals surface area (Å²) in [6.07, 6.45) is 1.47. The number of carbonyl (C=O) groups is 1. The maximum atomic E-state index is 14.6. The third-order valence-corrected chi connectivity index (χ3v) is 5.60. The zero-order valence-corrected chi connectivity index (χ0v) is 17.0. The second-order valence-electron chi connectivity index (χ2n) is 7.82. The molecule has 4 rings (SSSR count). The van der Waals surface area contributed by atoms with Gasteiger partial charge in [-0.05, 0) is 43.2 Å². The molecule has 4 nitrogen and oxygen atoms in total. The van der Waals surface area contributed by atoms with Crippen LogP contribution in [-0.2, 0) is 0 Å². The minimum absolute atomic E-state index is 0.0213. The number of nitrogens with one attached hydrogen (secondary N) is 1. The van der Waals surface area contributed by atoms with Gasteiger partial charge in [-0.25, -0.2) is 26.9 Å². The van der Waals surface area contributed by atoms with E-state index in [2.05, 4.69) is 15.3 Å². The van der Waals surface area contributed by atoms with Gasteiger partial charge in [0.05, 0.1) is 16.9 Å². The number of nitrogens with zero attached hydrogens (tertiary/aromatic N) is 2. The summed E-state index contributed by atoms with van der Waals surface area (Å²) >= 11 is 0. The average molecular weight is 465 g/mol. The summed E-state index contributed by atoms with van der Waals surface area (Å²) in [6, 6.07) is 4.75. The number of hydrogen-bond acceptors (Lipinski definition) is 3. The highest BCUT2D eigenvalue weighted by Gasteiger charge is 2.37. The Kier molecular flexibility index (Phi) is 6.09. The fraction of sp³-hybridized carbons (Fsp3) is 0.261. The fourth-order valence-corrected chi connectivity index (χ4v) is 3.89. The first kappa shape index (κ1) is 22.8. The zero-order valence-electron chi connectivity index (χ0n) is 17.0. The van der Waals surface area contributed by atoms with Crippen LogP contribution in [0.25, 0.3) is 11.1 Å². The molecule has 0 saturated heterocycles. The highest BCUT2D eigenvalue weighted by molar-refractivity contribution is 6.06. The Balaban J connectivity index is 1.80. The van der Waals surface area contributed by atoms with Gasteiger partial charge in [-0.3, -0.25) is 9.78 Å². The van der Waals surface area contributed by atoms with Crippen LogP contribution in [0.2, 0.25) is 0 Å². The normalized spacial score (nSPS) is 15.9. The van der Waals surface area contributed by atoms with Crippen LogP contribution < -0.4 is 5.32 Å². The standard InChI is InChI=1S/C23H17F6N3O/c24-14-1-2-17(25)16(10-14)15-5-8-30-19(12-3-6-23(28,29)7-4-12)20(15)32-22(33)13-9-18(26)21(27)31-11-13/h1-2,5,8-12H,3-4,6-7H2,(H,32,33). The van der Waals surface area contributed by atoms with Gasteiger partial charge in [-0.1, -0.05) is 0 Å². The molecule has 1 fully saturated rings. The van der Waals surface area contributed by atoms with E-state index < -0.39 is 54.0 Å². The Bertz CT molecular complexity index is 1210. The molecule has 0 bridgehead atoms. The molecule has 2 heterocycles. The molecule has 0 atom stereocenters. The lowest BCUT2D eigenvalue weighted by molar-refractivity contribution is -0.0384. The van der Waals surface area contributed by atoms with Gasteiger partial charge in [0, 0.05) is 42.3 Å². The van der Waals surface area contributed by atoms with Crippen molar-refractivity contribution in [2.24, 2.45) is 0 Å². The van der Waals surface area contributed by atoms with Gasteiger partial charge in [-0.15, -0.1) is 0 Å². The molecule has 1 amide bonds. The lowest BCUT2D eigenvalue weighted by atomic mass is 9.83. The molecular weight excluding hydrogens is 448 g/mol. The van der Waals surface area contributed by atoms with Crippen LogP contribution in [0.3, 0.4) is 0 Å². The van der Waals surface area contributed by atoms with Gasteiger partial charge in [0.2, 0.25) is 11.9 Å². The van der Waals surface area contributed by atoms with Crippen LogP contribution >= 0.6 is 0 Å². The Hall–Kier alpha value is -3.43. The van der Waals surface area contributed by atoms with Gasteiger partial charge < -0.3 is 5.32 Å². The summed E-state index contributed by atoms with van der Waals surface area (Å²) in [5.74, 6) is -8.46. The summed E-state index contributed by atoms with van der Waals surface area (Å²) in [7, 11) is 0. The van der Waals surface area contributed by atoms with E-state index in [0.717, 1.165) is 24.4 Å². The first-order chi connectivity index (χ1) is 15.6. The van der Waals surface area contributed by atoms with E-state index in [1.165, 1.54) is 12.3 Å². The lowest BCUT2D eigenvalue weighted by Gasteiger charge is -2.29. The third kappa shape index (κ3) is 4.84. The van der Waals surface area contributed by atoms with E-state index in [0.29, 0.717) is 6.07 Å². The summed E-state index contributed by atoms with van der Waals surface area (Å²) in [5.41, 5.74) is -0.247. The van der Waals surface area contributed by atoms with Crippen molar-refractivity contribution < 1.29 is 31.1 Å². The van der Waals surface area contributed by atoms with Crippen molar-refractivity contribution in [2.75, 3.05) is 5.32 Å². The summed E-state index contributed by atoms with van der Waals surface area (Å²) < 4.78 is 82.5. The van der Waals surface area contributed by atoms with Crippen LogP contribution in [0, 0.1) is 23.4 Å².